The fourth-order valence-electron chi connectivity index (χ4n) is 1.92. The van der Waals surface area contributed by atoms with E-state index in [1.54, 1.807) is 0 Å². The van der Waals surface area contributed by atoms with E-state index >= 15 is 0 Å². The van der Waals surface area contributed by atoms with Gasteiger partial charge in [0.15, 0.2) is 0 Å². The van der Waals surface area contributed by atoms with Crippen LogP contribution in [0.2, 0.25) is 5.02 Å². The number of nitrogens with zero attached hydrogens (tertiary/aromatic N) is 1. The standard InChI is InChI=1S/C12H17ClN2S/c1-9-8-16-5-4-15(9)7-10-2-3-11(13)6-12(10)14/h2-3,6,9H,4-5,7-8,14H2,1H3. The highest BCUT2D eigenvalue weighted by molar-refractivity contribution is 7.99. The molecule has 1 saturated heterocycles. The van der Waals surface area contributed by atoms with E-state index in [4.69, 9.17) is 17.3 Å². The molecule has 0 saturated carbocycles. The van der Waals surface area contributed by atoms with Crippen LogP contribution in [0.1, 0.15) is 12.5 Å². The quantitative estimate of drug-likeness (QED) is 0.825. The molecule has 1 aliphatic heterocycles. The lowest BCUT2D eigenvalue weighted by atomic mass is 10.1. The average Bonchev–Trinajstić information content (AvgIpc) is 2.25. The Balaban J connectivity index is 2.07. The van der Waals surface area contributed by atoms with Gasteiger partial charge < -0.3 is 5.73 Å². The number of nitrogens with two attached hydrogens (primary N) is 1. The number of thioether (sulfide) groups is 1. The van der Waals surface area contributed by atoms with Crippen molar-refractivity contribution in [2.45, 2.75) is 19.5 Å². The average molecular weight is 257 g/mol. The fourth-order valence-corrected chi connectivity index (χ4v) is 3.19. The minimum Gasteiger partial charge on any atom is -0.398 e. The summed E-state index contributed by atoms with van der Waals surface area (Å²) >= 11 is 7.92. The molecule has 16 heavy (non-hydrogen) atoms. The van der Waals surface area contributed by atoms with Gasteiger partial charge in [-0.2, -0.15) is 11.8 Å². The van der Waals surface area contributed by atoms with Crippen LogP contribution >= 0.6 is 23.4 Å². The van der Waals surface area contributed by atoms with Crippen LogP contribution in [0.15, 0.2) is 18.2 Å². The monoisotopic (exact) mass is 256 g/mol. The Bertz CT molecular complexity index is 370. The number of rotatable bonds is 2. The van der Waals surface area contributed by atoms with E-state index < -0.39 is 0 Å². The highest BCUT2D eigenvalue weighted by Crippen LogP contribution is 2.23. The molecule has 0 aromatic heterocycles. The highest BCUT2D eigenvalue weighted by atomic mass is 35.5. The lowest BCUT2D eigenvalue weighted by Crippen LogP contribution is -2.39. The maximum absolute atomic E-state index is 5.97. The second-order valence-electron chi connectivity index (χ2n) is 4.24. The van der Waals surface area contributed by atoms with Crippen LogP contribution in [0.3, 0.4) is 0 Å². The van der Waals surface area contributed by atoms with Crippen molar-refractivity contribution in [3.05, 3.63) is 28.8 Å². The van der Waals surface area contributed by atoms with Crippen LogP contribution < -0.4 is 5.73 Å². The topological polar surface area (TPSA) is 29.3 Å². The molecule has 4 heteroatoms. The van der Waals surface area contributed by atoms with Gasteiger partial charge in [-0.3, -0.25) is 4.90 Å². The fraction of sp³-hybridized carbons (Fsp3) is 0.500. The van der Waals surface area contributed by atoms with Crippen molar-refractivity contribution in [2.75, 3.05) is 23.8 Å². The predicted octanol–water partition coefficient (Wildman–Crippen LogP) is 2.86. The third-order valence-corrected chi connectivity index (χ3v) is 4.41. The first kappa shape index (κ1) is 12.1. The lowest BCUT2D eigenvalue weighted by Gasteiger charge is -2.33. The summed E-state index contributed by atoms with van der Waals surface area (Å²) in [6, 6.07) is 6.41. The first-order valence-electron chi connectivity index (χ1n) is 5.52. The van der Waals surface area contributed by atoms with E-state index in [9.17, 15) is 0 Å². The van der Waals surface area contributed by atoms with Crippen molar-refractivity contribution in [3.8, 4) is 0 Å². The summed E-state index contributed by atoms with van der Waals surface area (Å²) in [6.45, 7) is 4.36. The van der Waals surface area contributed by atoms with Crippen molar-refractivity contribution in [1.29, 1.82) is 0 Å². The molecule has 2 rings (SSSR count). The normalized spacial score (nSPS) is 22.2. The number of nitrogen functional groups attached to an aromatic ring is 1. The van der Waals surface area contributed by atoms with Gasteiger partial charge >= 0.3 is 0 Å². The van der Waals surface area contributed by atoms with Crippen molar-refractivity contribution in [2.24, 2.45) is 0 Å². The SMILES string of the molecule is CC1CSCCN1Cc1ccc(Cl)cc1N. The molecular weight excluding hydrogens is 240 g/mol. The van der Waals surface area contributed by atoms with Gasteiger partial charge in [-0.1, -0.05) is 17.7 Å². The molecule has 1 heterocycles. The molecule has 0 spiro atoms. The van der Waals surface area contributed by atoms with Crippen molar-refractivity contribution in [3.63, 3.8) is 0 Å². The largest absolute Gasteiger partial charge is 0.398 e. The van der Waals surface area contributed by atoms with E-state index in [2.05, 4.69) is 11.8 Å². The molecule has 0 bridgehead atoms. The van der Waals surface area contributed by atoms with Gasteiger partial charge in [-0.25, -0.2) is 0 Å². The van der Waals surface area contributed by atoms with E-state index in [-0.39, 0.29) is 0 Å². The molecule has 1 aromatic rings. The van der Waals surface area contributed by atoms with Gasteiger partial charge in [0, 0.05) is 41.3 Å². The molecular formula is C12H17ClN2S. The Morgan fingerprint density at radius 1 is 1.56 bits per heavy atom. The van der Waals surface area contributed by atoms with Crippen LogP contribution in [0.4, 0.5) is 5.69 Å². The van der Waals surface area contributed by atoms with Crippen LogP contribution in [0.25, 0.3) is 0 Å². The smallest absolute Gasteiger partial charge is 0.0426 e. The van der Waals surface area contributed by atoms with E-state index in [1.807, 2.05) is 30.0 Å². The first-order valence-corrected chi connectivity index (χ1v) is 7.06. The lowest BCUT2D eigenvalue weighted by molar-refractivity contribution is 0.224. The summed E-state index contributed by atoms with van der Waals surface area (Å²) < 4.78 is 0. The molecule has 2 N–H and O–H groups in total. The molecule has 1 aromatic carbocycles. The first-order chi connectivity index (χ1) is 7.66. The van der Waals surface area contributed by atoms with Gasteiger partial charge in [0.1, 0.15) is 0 Å². The molecule has 1 atom stereocenters. The highest BCUT2D eigenvalue weighted by Gasteiger charge is 2.19. The Morgan fingerprint density at radius 2 is 2.38 bits per heavy atom. The Kier molecular flexibility index (Phi) is 4.00. The summed E-state index contributed by atoms with van der Waals surface area (Å²) in [7, 11) is 0. The van der Waals surface area contributed by atoms with Gasteiger partial charge in [0.25, 0.3) is 0 Å². The molecule has 1 aliphatic rings. The Labute approximate surface area is 106 Å². The molecule has 0 aliphatic carbocycles. The summed E-state index contributed by atoms with van der Waals surface area (Å²) in [6.07, 6.45) is 0. The van der Waals surface area contributed by atoms with Crippen molar-refractivity contribution < 1.29 is 0 Å². The number of benzene rings is 1. The number of hydrogen-bond acceptors (Lipinski definition) is 3. The molecule has 2 nitrogen and oxygen atoms in total. The molecule has 1 fully saturated rings. The van der Waals surface area contributed by atoms with E-state index in [1.165, 1.54) is 17.1 Å². The summed E-state index contributed by atoms with van der Waals surface area (Å²) in [4.78, 5) is 2.48. The van der Waals surface area contributed by atoms with Crippen LogP contribution in [-0.2, 0) is 6.54 Å². The maximum atomic E-state index is 5.97. The molecule has 1 unspecified atom stereocenters. The van der Waals surface area contributed by atoms with Gasteiger partial charge in [-0.15, -0.1) is 0 Å². The second-order valence-corrected chi connectivity index (χ2v) is 5.82. The van der Waals surface area contributed by atoms with Gasteiger partial charge in [-0.05, 0) is 24.6 Å². The third kappa shape index (κ3) is 2.84. The summed E-state index contributed by atoms with van der Waals surface area (Å²) in [5.74, 6) is 2.44. The third-order valence-electron chi connectivity index (χ3n) is 2.99. The number of anilines is 1. The number of halogens is 1. The zero-order chi connectivity index (χ0) is 11.5. The van der Waals surface area contributed by atoms with Crippen LogP contribution in [0, 0.1) is 0 Å². The zero-order valence-corrected chi connectivity index (χ0v) is 11.0. The molecule has 88 valence electrons. The van der Waals surface area contributed by atoms with E-state index in [0.717, 1.165) is 18.8 Å². The van der Waals surface area contributed by atoms with Gasteiger partial charge in [0.2, 0.25) is 0 Å². The summed E-state index contributed by atoms with van der Waals surface area (Å²) in [5.41, 5.74) is 7.95. The van der Waals surface area contributed by atoms with Gasteiger partial charge in [0.05, 0.1) is 0 Å². The molecule has 0 radical (unpaired) electrons. The summed E-state index contributed by atoms with van der Waals surface area (Å²) in [5, 5.41) is 0.712. The van der Waals surface area contributed by atoms with Crippen molar-refractivity contribution in [1.82, 2.24) is 4.90 Å². The van der Waals surface area contributed by atoms with E-state index in [0.29, 0.717) is 11.1 Å². The Hall–Kier alpha value is -0.380. The molecule has 0 amide bonds. The van der Waals surface area contributed by atoms with Crippen molar-refractivity contribution >= 4 is 29.1 Å². The van der Waals surface area contributed by atoms with Crippen LogP contribution in [-0.4, -0.2) is 29.0 Å². The Morgan fingerprint density at radius 3 is 3.06 bits per heavy atom. The minimum absolute atomic E-state index is 0.633. The zero-order valence-electron chi connectivity index (χ0n) is 9.45. The second kappa shape index (κ2) is 5.30. The predicted molar refractivity (Wildman–Crippen MR) is 73.1 cm³/mol. The minimum atomic E-state index is 0.633. The maximum Gasteiger partial charge on any atom is 0.0426 e. The number of hydrogen-bond donors (Lipinski definition) is 1. The van der Waals surface area contributed by atoms with Crippen LogP contribution in [0.5, 0.6) is 0 Å².